The molecule has 0 saturated carbocycles. The molecular formula is C35H40N6O8S. The molecule has 0 aliphatic heterocycles. The largest absolute Gasteiger partial charge is 0.480 e. The third-order valence-electron chi connectivity index (χ3n) is 7.80. The zero-order chi connectivity index (χ0) is 36.5. The van der Waals surface area contributed by atoms with Crippen molar-refractivity contribution in [1.29, 1.82) is 0 Å². The molecular weight excluding hydrogens is 664 g/mol. The Hall–Kier alpha value is -5.22. The highest BCUT2D eigenvalue weighted by Crippen LogP contribution is 2.17. The number of carboxylic acids is 1. The minimum absolute atomic E-state index is 0.00890. The first-order chi connectivity index (χ1) is 23.6. The van der Waals surface area contributed by atoms with Crippen LogP contribution in [-0.4, -0.2) is 81.9 Å². The zero-order valence-electron chi connectivity index (χ0n) is 27.5. The van der Waals surface area contributed by atoms with Crippen LogP contribution in [0.4, 0.5) is 0 Å². The van der Waals surface area contributed by atoms with Gasteiger partial charge in [0.1, 0.15) is 17.3 Å². The van der Waals surface area contributed by atoms with E-state index in [1.54, 1.807) is 78.9 Å². The maximum Gasteiger partial charge on any atom is 0.324 e. The van der Waals surface area contributed by atoms with E-state index in [1.165, 1.54) is 19.9 Å². The van der Waals surface area contributed by atoms with Gasteiger partial charge in [-0.05, 0) is 43.5 Å². The van der Waals surface area contributed by atoms with Crippen molar-refractivity contribution in [2.75, 3.05) is 6.54 Å². The quantitative estimate of drug-likeness (QED) is 0.0936. The third kappa shape index (κ3) is 10.4. The van der Waals surface area contributed by atoms with Crippen molar-refractivity contribution in [3.63, 3.8) is 0 Å². The fourth-order valence-corrected chi connectivity index (χ4v) is 6.60. The number of hydrogen-bond acceptors (Lipinski definition) is 8. The van der Waals surface area contributed by atoms with E-state index in [-0.39, 0.29) is 18.7 Å². The van der Waals surface area contributed by atoms with Gasteiger partial charge in [-0.2, -0.15) is 17.4 Å². The number of hydrogen-bond donors (Lipinski definition) is 6. The van der Waals surface area contributed by atoms with Gasteiger partial charge in [-0.25, -0.2) is 4.98 Å². The van der Waals surface area contributed by atoms with Crippen LogP contribution in [0, 0.1) is 0 Å². The highest BCUT2D eigenvalue weighted by molar-refractivity contribution is 7.87. The van der Waals surface area contributed by atoms with Crippen molar-refractivity contribution in [2.45, 2.75) is 57.0 Å². The van der Waals surface area contributed by atoms with Crippen LogP contribution in [0.2, 0.25) is 0 Å². The first-order valence-electron chi connectivity index (χ1n) is 15.7. The predicted molar refractivity (Wildman–Crippen MR) is 186 cm³/mol. The Morgan fingerprint density at radius 3 is 2.08 bits per heavy atom. The smallest absolute Gasteiger partial charge is 0.324 e. The maximum atomic E-state index is 13.7. The number of amides is 3. The molecule has 0 spiro atoms. The minimum Gasteiger partial charge on any atom is -0.480 e. The number of aliphatic hydroxyl groups is 1. The molecule has 264 valence electrons. The molecule has 0 fully saturated rings. The molecule has 7 N–H and O–H groups in total. The van der Waals surface area contributed by atoms with Gasteiger partial charge in [0.25, 0.3) is 16.1 Å². The number of nitrogens with one attached hydrogen (secondary N) is 3. The Bertz CT molecular complexity index is 1930. The first-order valence-corrected chi connectivity index (χ1v) is 17.1. The number of fused-ring (bicyclic) bond motifs is 1. The lowest BCUT2D eigenvalue weighted by Crippen LogP contribution is -2.58. The lowest BCUT2D eigenvalue weighted by molar-refractivity contribution is -0.142. The number of pyridine rings is 1. The van der Waals surface area contributed by atoms with Gasteiger partial charge in [0.15, 0.2) is 0 Å². The number of aliphatic carboxylic acids is 1. The Morgan fingerprint density at radius 2 is 1.46 bits per heavy atom. The van der Waals surface area contributed by atoms with E-state index in [9.17, 15) is 37.8 Å². The molecule has 0 radical (unpaired) electrons. The molecule has 3 amide bonds. The number of aliphatic hydroxyl groups excluding tert-OH is 1. The fourth-order valence-electron chi connectivity index (χ4n) is 5.07. The lowest BCUT2D eigenvalue weighted by atomic mass is 10.00. The molecule has 3 atom stereocenters. The minimum atomic E-state index is -4.54. The summed E-state index contributed by atoms with van der Waals surface area (Å²) in [7, 11) is -4.54. The maximum absolute atomic E-state index is 13.7. The van der Waals surface area contributed by atoms with Crippen LogP contribution in [-0.2, 0) is 37.6 Å². The lowest BCUT2D eigenvalue weighted by Gasteiger charge is -2.32. The summed E-state index contributed by atoms with van der Waals surface area (Å²) < 4.78 is 30.3. The Kier molecular flexibility index (Phi) is 12.4. The molecule has 15 heteroatoms. The standard InChI is InChI=1S/C35H40N6O8S/c1-35(2,34(46)47)40-50(48,49)41(21-24-13-7-4-8-14-24)22-30(42)28(19-23-11-5-3-6-12-23)38-33(45)29(20-31(36)43)39-32(44)27-18-17-25-15-9-10-16-26(25)37-27/h3-18,28-30,40,42H,19-22H2,1-2H3,(H2,36,43)(H,38,45)(H,39,44)(H,46,47)/t28-,29-,30+/m0/s1. The summed E-state index contributed by atoms with van der Waals surface area (Å²) >= 11 is 0. The van der Waals surface area contributed by atoms with Crippen LogP contribution in [0.3, 0.4) is 0 Å². The Balaban J connectivity index is 1.61. The Labute approximate surface area is 289 Å². The van der Waals surface area contributed by atoms with E-state index in [0.29, 0.717) is 16.6 Å². The number of aromatic nitrogens is 1. The van der Waals surface area contributed by atoms with Crippen LogP contribution < -0.4 is 21.1 Å². The van der Waals surface area contributed by atoms with Gasteiger partial charge in [-0.1, -0.05) is 84.9 Å². The number of carbonyl (C=O) groups excluding carboxylic acids is 3. The molecule has 4 rings (SSSR count). The molecule has 0 aliphatic carbocycles. The van der Waals surface area contributed by atoms with Crippen LogP contribution in [0.5, 0.6) is 0 Å². The molecule has 1 aromatic heterocycles. The number of rotatable bonds is 17. The molecule has 1 heterocycles. The van der Waals surface area contributed by atoms with Crippen LogP contribution in [0.25, 0.3) is 10.9 Å². The summed E-state index contributed by atoms with van der Waals surface area (Å²) in [5.41, 5.74) is 5.30. The average molecular weight is 705 g/mol. The van der Waals surface area contributed by atoms with Crippen molar-refractivity contribution in [3.8, 4) is 0 Å². The highest BCUT2D eigenvalue weighted by atomic mass is 32.2. The first kappa shape index (κ1) is 37.6. The van der Waals surface area contributed by atoms with E-state index in [1.807, 2.05) is 12.1 Å². The van der Waals surface area contributed by atoms with Gasteiger partial charge in [0.05, 0.1) is 24.1 Å². The molecule has 14 nitrogen and oxygen atoms in total. The highest BCUT2D eigenvalue weighted by Gasteiger charge is 2.38. The van der Waals surface area contributed by atoms with Gasteiger partial charge in [0, 0.05) is 18.5 Å². The molecule has 50 heavy (non-hydrogen) atoms. The number of carbonyl (C=O) groups is 4. The molecule has 0 saturated heterocycles. The van der Waals surface area contributed by atoms with Gasteiger partial charge in [-0.15, -0.1) is 0 Å². The van der Waals surface area contributed by atoms with E-state index >= 15 is 0 Å². The summed E-state index contributed by atoms with van der Waals surface area (Å²) in [5, 5.41) is 27.2. The summed E-state index contributed by atoms with van der Waals surface area (Å²) in [4.78, 5) is 55.1. The summed E-state index contributed by atoms with van der Waals surface area (Å²) in [6, 6.07) is 24.9. The van der Waals surface area contributed by atoms with Crippen molar-refractivity contribution in [2.24, 2.45) is 5.73 Å². The molecule has 0 unspecified atom stereocenters. The summed E-state index contributed by atoms with van der Waals surface area (Å²) in [6.45, 7) is 1.55. The normalized spacial score (nSPS) is 13.7. The molecule has 4 aromatic rings. The predicted octanol–water partition coefficient (Wildman–Crippen LogP) is 1.50. The Morgan fingerprint density at radius 1 is 0.860 bits per heavy atom. The molecule has 3 aromatic carbocycles. The number of benzene rings is 3. The van der Waals surface area contributed by atoms with Crippen LogP contribution in [0.15, 0.2) is 97.1 Å². The van der Waals surface area contributed by atoms with Gasteiger partial charge >= 0.3 is 5.97 Å². The number of nitrogens with two attached hydrogens (primary N) is 1. The second-order valence-corrected chi connectivity index (χ2v) is 13.9. The molecule has 0 aliphatic rings. The monoisotopic (exact) mass is 704 g/mol. The van der Waals surface area contributed by atoms with E-state index in [0.717, 1.165) is 9.69 Å². The van der Waals surface area contributed by atoms with E-state index in [2.05, 4.69) is 20.3 Å². The topological polar surface area (TPSA) is 221 Å². The van der Waals surface area contributed by atoms with Crippen LogP contribution >= 0.6 is 0 Å². The van der Waals surface area contributed by atoms with Crippen molar-refractivity contribution >= 4 is 44.8 Å². The zero-order valence-corrected chi connectivity index (χ0v) is 28.3. The number of primary amides is 1. The fraction of sp³-hybridized carbons (Fsp3) is 0.286. The number of para-hydroxylation sites is 1. The molecule has 0 bridgehead atoms. The summed E-state index contributed by atoms with van der Waals surface area (Å²) in [5.74, 6) is -3.91. The second-order valence-electron chi connectivity index (χ2n) is 12.3. The number of carboxylic acid groups (broad SMARTS) is 1. The van der Waals surface area contributed by atoms with Crippen molar-refractivity contribution < 1.29 is 37.8 Å². The second kappa shape index (κ2) is 16.5. The van der Waals surface area contributed by atoms with Gasteiger partial charge in [0.2, 0.25) is 11.8 Å². The van der Waals surface area contributed by atoms with Crippen LogP contribution in [0.1, 0.15) is 41.9 Å². The van der Waals surface area contributed by atoms with E-state index < -0.39 is 70.6 Å². The average Bonchev–Trinajstić information content (AvgIpc) is 3.07. The number of nitrogens with zero attached hydrogens (tertiary/aromatic N) is 2. The third-order valence-corrected chi connectivity index (χ3v) is 9.53. The SMILES string of the molecule is CC(C)(NS(=O)(=O)N(Cc1ccccc1)C[C@@H](O)[C@H](Cc1ccccc1)NC(=O)[C@H](CC(N)=O)NC(=O)c1ccc2ccccc2n1)C(=O)O. The van der Waals surface area contributed by atoms with Gasteiger partial charge < -0.3 is 26.6 Å². The van der Waals surface area contributed by atoms with Gasteiger partial charge in [-0.3, -0.25) is 19.2 Å². The van der Waals surface area contributed by atoms with Crippen molar-refractivity contribution in [3.05, 3.63) is 114 Å². The van der Waals surface area contributed by atoms with Crippen molar-refractivity contribution in [1.82, 2.24) is 24.6 Å². The summed E-state index contributed by atoms with van der Waals surface area (Å²) in [6.07, 6.45) is -2.13. The van der Waals surface area contributed by atoms with E-state index in [4.69, 9.17) is 5.73 Å².